The van der Waals surface area contributed by atoms with Crippen molar-refractivity contribution in [3.05, 3.63) is 24.0 Å². The van der Waals surface area contributed by atoms with Gasteiger partial charge < -0.3 is 15.2 Å². The molecular formula is C13H14FN3O2. The van der Waals surface area contributed by atoms with Gasteiger partial charge in [0.15, 0.2) is 17.3 Å². The lowest BCUT2D eigenvalue weighted by Crippen LogP contribution is -1.98. The molecule has 0 fully saturated rings. The Labute approximate surface area is 109 Å². The number of halogens is 1. The number of nitrogens with zero attached hydrogens (tertiary/aromatic N) is 2. The van der Waals surface area contributed by atoms with E-state index in [1.807, 2.05) is 0 Å². The fourth-order valence-corrected chi connectivity index (χ4v) is 2.00. The molecule has 0 atom stereocenters. The molecule has 0 saturated carbocycles. The first-order valence-electron chi connectivity index (χ1n) is 6.04. The van der Waals surface area contributed by atoms with E-state index in [0.717, 1.165) is 6.42 Å². The van der Waals surface area contributed by atoms with Gasteiger partial charge in [0.2, 0.25) is 0 Å². The van der Waals surface area contributed by atoms with Crippen LogP contribution in [0, 0.1) is 5.82 Å². The van der Waals surface area contributed by atoms with Crippen molar-refractivity contribution in [1.82, 2.24) is 9.78 Å². The summed E-state index contributed by atoms with van der Waals surface area (Å²) < 4.78 is 26.4. The van der Waals surface area contributed by atoms with Crippen LogP contribution in [-0.2, 0) is 7.05 Å². The number of fused-ring (bicyclic) bond motifs is 1. The summed E-state index contributed by atoms with van der Waals surface area (Å²) >= 11 is 0. The van der Waals surface area contributed by atoms with Gasteiger partial charge in [-0.2, -0.15) is 5.10 Å². The van der Waals surface area contributed by atoms with Crippen LogP contribution in [0.4, 0.5) is 10.2 Å². The molecule has 1 aliphatic heterocycles. The predicted octanol–water partition coefficient (Wildman–Crippen LogP) is 1.97. The molecule has 1 aromatic heterocycles. The average molecular weight is 263 g/mol. The molecule has 0 bridgehead atoms. The molecule has 6 heteroatoms. The number of aryl methyl sites for hydroxylation is 1. The first-order valence-corrected chi connectivity index (χ1v) is 6.04. The van der Waals surface area contributed by atoms with E-state index in [0.29, 0.717) is 36.0 Å². The Morgan fingerprint density at radius 3 is 2.79 bits per heavy atom. The van der Waals surface area contributed by atoms with Crippen molar-refractivity contribution in [2.75, 3.05) is 18.9 Å². The highest BCUT2D eigenvalue weighted by Crippen LogP contribution is 2.36. The Bertz CT molecular complexity index is 605. The van der Waals surface area contributed by atoms with E-state index in [2.05, 4.69) is 5.10 Å². The van der Waals surface area contributed by atoms with E-state index in [9.17, 15) is 4.39 Å². The maximum Gasteiger partial charge on any atom is 0.197 e. The van der Waals surface area contributed by atoms with Crippen molar-refractivity contribution in [2.24, 2.45) is 7.05 Å². The lowest BCUT2D eigenvalue weighted by Gasteiger charge is -2.09. The van der Waals surface area contributed by atoms with Gasteiger partial charge in [-0.1, -0.05) is 0 Å². The zero-order valence-corrected chi connectivity index (χ0v) is 10.5. The lowest BCUT2D eigenvalue weighted by atomic mass is 10.1. The minimum atomic E-state index is -0.446. The van der Waals surface area contributed by atoms with Crippen molar-refractivity contribution in [1.29, 1.82) is 0 Å². The summed E-state index contributed by atoms with van der Waals surface area (Å²) in [7, 11) is 1.73. The van der Waals surface area contributed by atoms with Gasteiger partial charge >= 0.3 is 0 Å². The van der Waals surface area contributed by atoms with E-state index in [4.69, 9.17) is 15.2 Å². The smallest absolute Gasteiger partial charge is 0.197 e. The van der Waals surface area contributed by atoms with Crippen molar-refractivity contribution < 1.29 is 13.9 Å². The fraction of sp³-hybridized carbons (Fsp3) is 0.308. The highest BCUT2D eigenvalue weighted by molar-refractivity contribution is 5.66. The monoisotopic (exact) mass is 263 g/mol. The van der Waals surface area contributed by atoms with Crippen LogP contribution in [0.2, 0.25) is 0 Å². The van der Waals surface area contributed by atoms with Gasteiger partial charge in [0.25, 0.3) is 0 Å². The molecule has 0 spiro atoms. The number of anilines is 1. The highest BCUT2D eigenvalue weighted by atomic mass is 19.1. The Morgan fingerprint density at radius 1 is 1.26 bits per heavy atom. The van der Waals surface area contributed by atoms with Crippen LogP contribution in [0.1, 0.15) is 6.42 Å². The summed E-state index contributed by atoms with van der Waals surface area (Å²) in [6.45, 7) is 0.972. The van der Waals surface area contributed by atoms with Gasteiger partial charge in [-0.3, -0.25) is 4.68 Å². The number of rotatable bonds is 1. The number of aromatic nitrogens is 2. The van der Waals surface area contributed by atoms with Gasteiger partial charge in [0, 0.05) is 25.1 Å². The molecule has 5 nitrogen and oxygen atoms in total. The molecule has 1 aliphatic rings. The second-order valence-corrected chi connectivity index (χ2v) is 4.41. The van der Waals surface area contributed by atoms with Crippen LogP contribution in [0.25, 0.3) is 11.3 Å². The zero-order valence-electron chi connectivity index (χ0n) is 10.5. The molecule has 2 N–H and O–H groups in total. The quantitative estimate of drug-likeness (QED) is 0.854. The van der Waals surface area contributed by atoms with Crippen LogP contribution in [-0.4, -0.2) is 23.0 Å². The largest absolute Gasteiger partial charge is 0.489 e. The molecule has 0 aliphatic carbocycles. The Balaban J connectivity index is 2.08. The third-order valence-electron chi connectivity index (χ3n) is 3.01. The summed E-state index contributed by atoms with van der Waals surface area (Å²) in [6.07, 6.45) is 0.736. The minimum Gasteiger partial charge on any atom is -0.489 e. The molecule has 1 aromatic carbocycles. The molecule has 3 rings (SSSR count). The van der Waals surface area contributed by atoms with Gasteiger partial charge in [0.05, 0.1) is 18.9 Å². The third-order valence-corrected chi connectivity index (χ3v) is 3.01. The van der Waals surface area contributed by atoms with E-state index < -0.39 is 5.82 Å². The van der Waals surface area contributed by atoms with Gasteiger partial charge in [0.1, 0.15) is 5.82 Å². The molecule has 100 valence electrons. The molecule has 2 heterocycles. The molecular weight excluding hydrogens is 249 g/mol. The van der Waals surface area contributed by atoms with Crippen LogP contribution < -0.4 is 15.2 Å². The van der Waals surface area contributed by atoms with E-state index in [1.165, 1.54) is 10.7 Å². The zero-order chi connectivity index (χ0) is 13.4. The standard InChI is InChI=1S/C13H14FN3O2/c1-17-12(15)7-10(16-17)8-5-9(14)13-11(6-8)18-3-2-4-19-13/h5-7H,2-4,15H2,1H3. The van der Waals surface area contributed by atoms with Crippen molar-refractivity contribution in [3.63, 3.8) is 0 Å². The molecule has 0 amide bonds. The summed E-state index contributed by atoms with van der Waals surface area (Å²) in [5.74, 6) is 0.656. The number of ether oxygens (including phenoxy) is 2. The lowest BCUT2D eigenvalue weighted by molar-refractivity contribution is 0.292. The number of hydrogen-bond donors (Lipinski definition) is 1. The number of nitrogen functional groups attached to an aromatic ring is 1. The molecule has 0 unspecified atom stereocenters. The molecule has 19 heavy (non-hydrogen) atoms. The van der Waals surface area contributed by atoms with E-state index in [-0.39, 0.29) is 5.75 Å². The van der Waals surface area contributed by atoms with Crippen LogP contribution in [0.5, 0.6) is 11.5 Å². The Hall–Kier alpha value is -2.24. The van der Waals surface area contributed by atoms with Crippen LogP contribution in [0.15, 0.2) is 18.2 Å². The molecule has 0 saturated heterocycles. The minimum absolute atomic E-state index is 0.171. The first-order chi connectivity index (χ1) is 9.15. The number of nitrogens with two attached hydrogens (primary N) is 1. The predicted molar refractivity (Wildman–Crippen MR) is 68.6 cm³/mol. The normalized spacial score (nSPS) is 14.2. The third kappa shape index (κ3) is 2.09. The van der Waals surface area contributed by atoms with E-state index >= 15 is 0 Å². The maximum atomic E-state index is 14.0. The topological polar surface area (TPSA) is 62.3 Å². The Morgan fingerprint density at radius 2 is 2.05 bits per heavy atom. The van der Waals surface area contributed by atoms with Gasteiger partial charge in [-0.15, -0.1) is 0 Å². The molecule has 0 radical (unpaired) electrons. The number of benzene rings is 1. The van der Waals surface area contributed by atoms with E-state index in [1.54, 1.807) is 19.2 Å². The van der Waals surface area contributed by atoms with Crippen LogP contribution in [0.3, 0.4) is 0 Å². The first kappa shape index (κ1) is 11.8. The maximum absolute atomic E-state index is 14.0. The van der Waals surface area contributed by atoms with Gasteiger partial charge in [-0.05, 0) is 12.1 Å². The van der Waals surface area contributed by atoms with Gasteiger partial charge in [-0.25, -0.2) is 4.39 Å². The molecule has 2 aromatic rings. The summed E-state index contributed by atoms with van der Waals surface area (Å²) in [6, 6.07) is 4.81. The second-order valence-electron chi connectivity index (χ2n) is 4.41. The van der Waals surface area contributed by atoms with Crippen LogP contribution >= 0.6 is 0 Å². The summed E-state index contributed by atoms with van der Waals surface area (Å²) in [5.41, 5.74) is 6.96. The van der Waals surface area contributed by atoms with Crippen molar-refractivity contribution >= 4 is 5.82 Å². The fourth-order valence-electron chi connectivity index (χ4n) is 2.00. The SMILES string of the molecule is Cn1nc(-c2cc(F)c3c(c2)OCCCO3)cc1N. The number of hydrogen-bond acceptors (Lipinski definition) is 4. The summed E-state index contributed by atoms with van der Waals surface area (Å²) in [4.78, 5) is 0. The average Bonchev–Trinajstić information content (AvgIpc) is 2.61. The van der Waals surface area contributed by atoms with Crippen molar-refractivity contribution in [3.8, 4) is 22.8 Å². The summed E-state index contributed by atoms with van der Waals surface area (Å²) in [5, 5.41) is 4.22. The van der Waals surface area contributed by atoms with Crippen molar-refractivity contribution in [2.45, 2.75) is 6.42 Å². The Kier molecular flexibility index (Phi) is 2.77. The highest BCUT2D eigenvalue weighted by Gasteiger charge is 2.18. The second kappa shape index (κ2) is 4.46.